The first-order valence-corrected chi connectivity index (χ1v) is 7.97. The molecule has 1 unspecified atom stereocenters. The molecule has 1 heterocycles. The van der Waals surface area contributed by atoms with Gasteiger partial charge in [-0.3, -0.25) is 14.9 Å². The maximum atomic E-state index is 11.1. The number of nitrogens with zero attached hydrogens (tertiary/aromatic N) is 2. The van der Waals surface area contributed by atoms with Crippen LogP contribution in [-0.2, 0) is 10.2 Å². The number of non-ortho nitro benzene ring substituents is 1. The minimum absolute atomic E-state index is 0.0641. The molecule has 1 saturated heterocycles. The Morgan fingerprint density at radius 2 is 2.09 bits per heavy atom. The van der Waals surface area contributed by atoms with E-state index in [4.69, 9.17) is 0 Å². The van der Waals surface area contributed by atoms with Crippen molar-refractivity contribution in [1.29, 1.82) is 0 Å². The summed E-state index contributed by atoms with van der Waals surface area (Å²) < 4.78 is 0. The molecule has 2 rings (SSSR count). The fourth-order valence-corrected chi connectivity index (χ4v) is 3.24. The van der Waals surface area contributed by atoms with Crippen LogP contribution in [0.15, 0.2) is 30.5 Å². The van der Waals surface area contributed by atoms with Crippen molar-refractivity contribution in [3.8, 4) is 0 Å². The lowest BCUT2D eigenvalue weighted by atomic mass is 9.78. The molecule has 1 fully saturated rings. The largest absolute Gasteiger partial charge is 0.377 e. The fourth-order valence-electron chi connectivity index (χ4n) is 3.24. The Balaban J connectivity index is 2.38. The van der Waals surface area contributed by atoms with Gasteiger partial charge in [0, 0.05) is 37.3 Å². The van der Waals surface area contributed by atoms with E-state index in [1.54, 1.807) is 12.1 Å². The molecule has 5 heteroatoms. The molecule has 1 aliphatic heterocycles. The number of benzene rings is 1. The van der Waals surface area contributed by atoms with Crippen molar-refractivity contribution >= 4 is 12.0 Å². The number of allylic oxidation sites excluding steroid dienone is 1. The molecular weight excluding hydrogens is 292 g/mol. The maximum absolute atomic E-state index is 11.1. The Kier molecular flexibility index (Phi) is 5.19. The van der Waals surface area contributed by atoms with E-state index in [2.05, 4.69) is 25.7 Å². The highest BCUT2D eigenvalue weighted by Crippen LogP contribution is 2.37. The number of aldehydes is 1. The smallest absolute Gasteiger partial charge is 0.269 e. The molecule has 124 valence electrons. The standard InChI is InChI=1S/C18H24N2O3/c1-18(2,3)17-8-7-15(20(22)23)12-16(17)14-6-4-9-19(13-14)10-5-11-21/h5,7-8,10-12,14H,4,6,9,13H2,1-3H3/b10-5+. The van der Waals surface area contributed by atoms with Gasteiger partial charge in [-0.2, -0.15) is 0 Å². The molecule has 0 spiro atoms. The number of nitro benzene ring substituents is 1. The highest BCUT2D eigenvalue weighted by molar-refractivity contribution is 5.64. The van der Waals surface area contributed by atoms with Gasteiger partial charge in [-0.1, -0.05) is 26.8 Å². The predicted molar refractivity (Wildman–Crippen MR) is 90.5 cm³/mol. The number of piperidine rings is 1. The first-order chi connectivity index (χ1) is 10.8. The normalized spacial score (nSPS) is 19.1. The molecule has 1 aliphatic rings. The Labute approximate surface area is 137 Å². The number of carbonyl (C=O) groups is 1. The summed E-state index contributed by atoms with van der Waals surface area (Å²) in [7, 11) is 0. The molecule has 0 N–H and O–H groups in total. The van der Waals surface area contributed by atoms with Crippen LogP contribution in [0.5, 0.6) is 0 Å². The zero-order valence-electron chi connectivity index (χ0n) is 14.0. The first kappa shape index (κ1) is 17.2. The minimum atomic E-state index is -0.331. The van der Waals surface area contributed by atoms with Crippen LogP contribution in [0.2, 0.25) is 0 Å². The third-order valence-corrected chi connectivity index (χ3v) is 4.32. The van der Waals surface area contributed by atoms with Gasteiger partial charge in [0.25, 0.3) is 5.69 Å². The van der Waals surface area contributed by atoms with E-state index in [1.807, 2.05) is 12.3 Å². The zero-order chi connectivity index (χ0) is 17.0. The molecular formula is C18H24N2O3. The monoisotopic (exact) mass is 316 g/mol. The second kappa shape index (κ2) is 6.94. The second-order valence-electron chi connectivity index (χ2n) is 7.09. The van der Waals surface area contributed by atoms with Crippen molar-refractivity contribution < 1.29 is 9.72 Å². The van der Waals surface area contributed by atoms with Crippen LogP contribution in [0.25, 0.3) is 0 Å². The minimum Gasteiger partial charge on any atom is -0.377 e. The third kappa shape index (κ3) is 4.18. The van der Waals surface area contributed by atoms with Gasteiger partial charge in [0.15, 0.2) is 0 Å². The maximum Gasteiger partial charge on any atom is 0.269 e. The van der Waals surface area contributed by atoms with E-state index in [0.717, 1.165) is 43.3 Å². The summed E-state index contributed by atoms with van der Waals surface area (Å²) in [6, 6.07) is 5.23. The Morgan fingerprint density at radius 1 is 1.35 bits per heavy atom. The average Bonchev–Trinajstić information content (AvgIpc) is 2.51. The Hall–Kier alpha value is -2.17. The van der Waals surface area contributed by atoms with Crippen LogP contribution >= 0.6 is 0 Å². The quantitative estimate of drug-likeness (QED) is 0.367. The second-order valence-corrected chi connectivity index (χ2v) is 7.09. The topological polar surface area (TPSA) is 63.5 Å². The summed E-state index contributed by atoms with van der Waals surface area (Å²) in [5.74, 6) is 0.245. The van der Waals surface area contributed by atoms with Crippen molar-refractivity contribution in [3.05, 3.63) is 51.7 Å². The SMILES string of the molecule is CC(C)(C)c1ccc([N+](=O)[O-])cc1C1CCCN(/C=C/C=O)C1. The van der Waals surface area contributed by atoms with Crippen LogP contribution < -0.4 is 0 Å². The average molecular weight is 316 g/mol. The molecule has 0 bridgehead atoms. The molecule has 0 aromatic heterocycles. The predicted octanol–water partition coefficient (Wildman–Crippen LogP) is 3.78. The molecule has 5 nitrogen and oxygen atoms in total. The van der Waals surface area contributed by atoms with Crippen molar-refractivity contribution in [2.24, 2.45) is 0 Å². The molecule has 1 aromatic rings. The van der Waals surface area contributed by atoms with E-state index >= 15 is 0 Å². The van der Waals surface area contributed by atoms with Gasteiger partial charge >= 0.3 is 0 Å². The van der Waals surface area contributed by atoms with E-state index in [0.29, 0.717) is 0 Å². The third-order valence-electron chi connectivity index (χ3n) is 4.32. The van der Waals surface area contributed by atoms with Crippen LogP contribution in [-0.4, -0.2) is 29.2 Å². The van der Waals surface area contributed by atoms with Crippen LogP contribution in [0.4, 0.5) is 5.69 Å². The Morgan fingerprint density at radius 3 is 2.70 bits per heavy atom. The van der Waals surface area contributed by atoms with E-state index in [-0.39, 0.29) is 21.9 Å². The number of carbonyl (C=O) groups excluding carboxylic acids is 1. The van der Waals surface area contributed by atoms with Crippen LogP contribution in [0.1, 0.15) is 50.7 Å². The van der Waals surface area contributed by atoms with E-state index in [9.17, 15) is 14.9 Å². The van der Waals surface area contributed by atoms with Crippen LogP contribution in [0.3, 0.4) is 0 Å². The van der Waals surface area contributed by atoms with Gasteiger partial charge in [-0.15, -0.1) is 0 Å². The number of likely N-dealkylation sites (tertiary alicyclic amines) is 1. The lowest BCUT2D eigenvalue weighted by molar-refractivity contribution is -0.385. The highest BCUT2D eigenvalue weighted by atomic mass is 16.6. The lowest BCUT2D eigenvalue weighted by Crippen LogP contribution is -2.31. The molecule has 0 radical (unpaired) electrons. The van der Waals surface area contributed by atoms with Gasteiger partial charge in [0.2, 0.25) is 0 Å². The van der Waals surface area contributed by atoms with Crippen LogP contribution in [0, 0.1) is 10.1 Å². The summed E-state index contributed by atoms with van der Waals surface area (Å²) >= 11 is 0. The van der Waals surface area contributed by atoms with Gasteiger partial charge in [0.1, 0.15) is 6.29 Å². The molecule has 1 aromatic carbocycles. The summed E-state index contributed by atoms with van der Waals surface area (Å²) in [6.45, 7) is 8.09. The van der Waals surface area contributed by atoms with E-state index in [1.165, 1.54) is 6.08 Å². The van der Waals surface area contributed by atoms with Gasteiger partial charge in [-0.25, -0.2) is 0 Å². The van der Waals surface area contributed by atoms with E-state index < -0.39 is 0 Å². The van der Waals surface area contributed by atoms with Crippen molar-refractivity contribution in [2.75, 3.05) is 13.1 Å². The molecule has 1 atom stereocenters. The summed E-state index contributed by atoms with van der Waals surface area (Å²) in [5.41, 5.74) is 2.31. The molecule has 0 amide bonds. The zero-order valence-corrected chi connectivity index (χ0v) is 14.0. The molecule has 0 saturated carbocycles. The number of hydrogen-bond donors (Lipinski definition) is 0. The van der Waals surface area contributed by atoms with Gasteiger partial charge in [0.05, 0.1) is 4.92 Å². The number of nitro groups is 1. The highest BCUT2D eigenvalue weighted by Gasteiger charge is 2.27. The summed E-state index contributed by atoms with van der Waals surface area (Å²) in [6.07, 6.45) is 6.11. The van der Waals surface area contributed by atoms with Crippen molar-refractivity contribution in [2.45, 2.75) is 44.9 Å². The summed E-state index contributed by atoms with van der Waals surface area (Å²) in [5, 5.41) is 11.1. The van der Waals surface area contributed by atoms with Crippen molar-refractivity contribution in [1.82, 2.24) is 4.90 Å². The Bertz CT molecular complexity index is 617. The van der Waals surface area contributed by atoms with Gasteiger partial charge in [-0.05, 0) is 35.5 Å². The molecule has 23 heavy (non-hydrogen) atoms. The first-order valence-electron chi connectivity index (χ1n) is 7.97. The molecule has 0 aliphatic carbocycles. The number of rotatable bonds is 4. The fraction of sp³-hybridized carbons (Fsp3) is 0.500. The summed E-state index contributed by atoms with van der Waals surface area (Å²) in [4.78, 5) is 23.5. The van der Waals surface area contributed by atoms with Gasteiger partial charge < -0.3 is 4.90 Å². The number of hydrogen-bond acceptors (Lipinski definition) is 4. The lowest BCUT2D eigenvalue weighted by Gasteiger charge is -2.35. The van der Waals surface area contributed by atoms with Crippen molar-refractivity contribution in [3.63, 3.8) is 0 Å².